The fourth-order valence-corrected chi connectivity index (χ4v) is 3.45. The number of aliphatic hydroxyl groups is 1. The molecule has 4 nitrogen and oxygen atoms in total. The lowest BCUT2D eigenvalue weighted by Gasteiger charge is -2.24. The summed E-state index contributed by atoms with van der Waals surface area (Å²) in [6.45, 7) is 0.920. The van der Waals surface area contributed by atoms with Crippen LogP contribution in [0.3, 0.4) is 0 Å². The van der Waals surface area contributed by atoms with Crippen molar-refractivity contribution in [1.82, 2.24) is 5.32 Å². The molecule has 0 spiro atoms. The summed E-state index contributed by atoms with van der Waals surface area (Å²) in [6, 6.07) is 8.43. The molecule has 27 heavy (non-hydrogen) atoms. The Balaban J connectivity index is 1.78. The van der Waals surface area contributed by atoms with Crippen LogP contribution in [0.4, 0.5) is 14.5 Å². The van der Waals surface area contributed by atoms with Crippen molar-refractivity contribution in [2.75, 3.05) is 18.5 Å². The van der Waals surface area contributed by atoms with Gasteiger partial charge in [0.1, 0.15) is 11.6 Å². The van der Waals surface area contributed by atoms with Gasteiger partial charge < -0.3 is 15.3 Å². The lowest BCUT2D eigenvalue weighted by molar-refractivity contribution is 0.0950. The molecule has 1 amide bonds. The minimum atomic E-state index is -0.678. The summed E-state index contributed by atoms with van der Waals surface area (Å²) < 4.78 is 26.5. The number of benzene rings is 2. The van der Waals surface area contributed by atoms with Gasteiger partial charge in [0.25, 0.3) is 5.91 Å². The van der Waals surface area contributed by atoms with E-state index < -0.39 is 17.7 Å². The minimum absolute atomic E-state index is 0.0209. The van der Waals surface area contributed by atoms with Gasteiger partial charge >= 0.3 is 0 Å². The van der Waals surface area contributed by atoms with Crippen LogP contribution in [0.15, 0.2) is 36.4 Å². The molecule has 1 aliphatic heterocycles. The van der Waals surface area contributed by atoms with Crippen LogP contribution < -0.4 is 10.2 Å². The van der Waals surface area contributed by atoms with Crippen LogP contribution >= 0.6 is 0 Å². The van der Waals surface area contributed by atoms with Crippen molar-refractivity contribution in [1.29, 1.82) is 0 Å². The monoisotopic (exact) mass is 374 g/mol. The molecule has 2 aromatic carbocycles. The van der Waals surface area contributed by atoms with Crippen LogP contribution in [0.5, 0.6) is 0 Å². The molecule has 1 atom stereocenters. The molecule has 0 aromatic heterocycles. The molecule has 2 N–H and O–H groups in total. The number of aliphatic hydroxyl groups excluding tert-OH is 1. The molecule has 0 aliphatic carbocycles. The normalized spacial score (nSPS) is 17.5. The van der Waals surface area contributed by atoms with Crippen molar-refractivity contribution >= 4 is 11.6 Å². The lowest BCUT2D eigenvalue weighted by Crippen LogP contribution is -2.24. The van der Waals surface area contributed by atoms with Gasteiger partial charge in [-0.2, -0.15) is 0 Å². The van der Waals surface area contributed by atoms with E-state index in [1.807, 2.05) is 13.1 Å². The van der Waals surface area contributed by atoms with Gasteiger partial charge in [-0.15, -0.1) is 0 Å². The van der Waals surface area contributed by atoms with Gasteiger partial charge in [-0.3, -0.25) is 4.79 Å². The molecule has 3 rings (SSSR count). The standard InChI is InChI=1S/C21H24F2N2O2/c1-25-8-4-2-3-5-20(26)18-11-15(6-7-19(18)25)21(27)24-13-14-9-16(22)12-17(23)10-14/h6-7,9-12,20,26H,2-5,8,13H2,1H3,(H,24,27). The van der Waals surface area contributed by atoms with Gasteiger partial charge in [0, 0.05) is 43.0 Å². The topological polar surface area (TPSA) is 52.6 Å². The van der Waals surface area contributed by atoms with Gasteiger partial charge in [-0.25, -0.2) is 8.78 Å². The fraction of sp³-hybridized carbons (Fsp3) is 0.381. The SMILES string of the molecule is CN1CCCCCC(O)c2cc(C(=O)NCc3cc(F)cc(F)c3)ccc21. The largest absolute Gasteiger partial charge is 0.388 e. The first kappa shape index (κ1) is 19.3. The zero-order valence-corrected chi connectivity index (χ0v) is 15.3. The molecular weight excluding hydrogens is 350 g/mol. The minimum Gasteiger partial charge on any atom is -0.388 e. The second kappa shape index (κ2) is 8.48. The van der Waals surface area contributed by atoms with Gasteiger partial charge in [-0.1, -0.05) is 12.8 Å². The van der Waals surface area contributed by atoms with Crippen molar-refractivity contribution in [2.45, 2.75) is 38.3 Å². The Bertz CT molecular complexity index is 806. The predicted molar refractivity (Wildman–Crippen MR) is 101 cm³/mol. The highest BCUT2D eigenvalue weighted by atomic mass is 19.1. The second-order valence-corrected chi connectivity index (χ2v) is 7.02. The smallest absolute Gasteiger partial charge is 0.251 e. The van der Waals surface area contributed by atoms with Crippen molar-refractivity contribution in [3.05, 3.63) is 64.7 Å². The quantitative estimate of drug-likeness (QED) is 0.856. The number of rotatable bonds is 3. The first-order valence-corrected chi connectivity index (χ1v) is 9.20. The molecule has 0 saturated carbocycles. The number of amides is 1. The van der Waals surface area contributed by atoms with Crippen LogP contribution in [0.25, 0.3) is 0 Å². The van der Waals surface area contributed by atoms with E-state index in [9.17, 15) is 18.7 Å². The maximum absolute atomic E-state index is 13.3. The van der Waals surface area contributed by atoms with E-state index in [0.717, 1.165) is 43.1 Å². The average molecular weight is 374 g/mol. The predicted octanol–water partition coefficient (Wildman–Crippen LogP) is 3.94. The first-order valence-electron chi connectivity index (χ1n) is 9.20. The van der Waals surface area contributed by atoms with E-state index in [4.69, 9.17) is 0 Å². The first-order chi connectivity index (χ1) is 12.9. The van der Waals surface area contributed by atoms with Crippen LogP contribution in [-0.4, -0.2) is 24.6 Å². The van der Waals surface area contributed by atoms with E-state index in [0.29, 0.717) is 17.5 Å². The molecule has 1 heterocycles. The van der Waals surface area contributed by atoms with E-state index >= 15 is 0 Å². The summed E-state index contributed by atoms with van der Waals surface area (Å²) in [4.78, 5) is 14.6. The molecular formula is C21H24F2N2O2. The van der Waals surface area contributed by atoms with Gasteiger partial charge in [0.05, 0.1) is 6.10 Å². The number of nitrogens with one attached hydrogen (secondary N) is 1. The zero-order valence-electron chi connectivity index (χ0n) is 15.3. The summed E-state index contributed by atoms with van der Waals surface area (Å²) >= 11 is 0. The highest BCUT2D eigenvalue weighted by Gasteiger charge is 2.19. The van der Waals surface area contributed by atoms with Crippen LogP contribution in [0.1, 0.15) is 53.3 Å². The van der Waals surface area contributed by atoms with Gasteiger partial charge in [0.15, 0.2) is 0 Å². The Morgan fingerprint density at radius 1 is 1.15 bits per heavy atom. The van der Waals surface area contributed by atoms with Crippen LogP contribution in [0.2, 0.25) is 0 Å². The Hall–Kier alpha value is -2.47. The van der Waals surface area contributed by atoms with E-state index in [1.165, 1.54) is 12.1 Å². The number of carbonyl (C=O) groups excluding carboxylic acids is 1. The fourth-order valence-electron chi connectivity index (χ4n) is 3.45. The summed E-state index contributed by atoms with van der Waals surface area (Å²) in [5, 5.41) is 13.2. The molecule has 6 heteroatoms. The maximum Gasteiger partial charge on any atom is 0.251 e. The third-order valence-corrected chi connectivity index (χ3v) is 4.91. The van der Waals surface area contributed by atoms with Crippen molar-refractivity contribution in [3.8, 4) is 0 Å². The maximum atomic E-state index is 13.3. The van der Waals surface area contributed by atoms with Crippen molar-refractivity contribution in [2.24, 2.45) is 0 Å². The van der Waals surface area contributed by atoms with E-state index in [-0.39, 0.29) is 12.5 Å². The zero-order chi connectivity index (χ0) is 19.4. The number of nitrogens with zero attached hydrogens (tertiary/aromatic N) is 1. The van der Waals surface area contributed by atoms with Crippen molar-refractivity contribution in [3.63, 3.8) is 0 Å². The summed E-state index contributed by atoms with van der Waals surface area (Å²) in [7, 11) is 1.98. The van der Waals surface area contributed by atoms with Crippen molar-refractivity contribution < 1.29 is 18.7 Å². The molecule has 144 valence electrons. The third-order valence-electron chi connectivity index (χ3n) is 4.91. The van der Waals surface area contributed by atoms with Gasteiger partial charge in [0.2, 0.25) is 0 Å². The molecule has 1 unspecified atom stereocenters. The molecule has 0 fully saturated rings. The highest BCUT2D eigenvalue weighted by Crippen LogP contribution is 2.32. The molecule has 1 aliphatic rings. The summed E-state index contributed by atoms with van der Waals surface area (Å²) in [5.74, 6) is -1.71. The Morgan fingerprint density at radius 3 is 2.63 bits per heavy atom. The van der Waals surface area contributed by atoms with E-state index in [1.54, 1.807) is 12.1 Å². The number of halogens is 2. The average Bonchev–Trinajstić information content (AvgIpc) is 2.70. The lowest BCUT2D eigenvalue weighted by atomic mass is 9.99. The molecule has 2 aromatic rings. The Kier molecular flexibility index (Phi) is 6.06. The van der Waals surface area contributed by atoms with Gasteiger partial charge in [-0.05, 0) is 48.7 Å². The number of fused-ring (bicyclic) bond motifs is 1. The number of hydrogen-bond acceptors (Lipinski definition) is 3. The van der Waals surface area contributed by atoms with Crippen LogP contribution in [0, 0.1) is 11.6 Å². The second-order valence-electron chi connectivity index (χ2n) is 7.02. The molecule has 0 radical (unpaired) electrons. The number of hydrogen-bond donors (Lipinski definition) is 2. The number of anilines is 1. The Labute approximate surface area is 157 Å². The summed E-state index contributed by atoms with van der Waals surface area (Å²) in [6.07, 6.45) is 3.11. The highest BCUT2D eigenvalue weighted by molar-refractivity contribution is 5.95. The number of carbonyl (C=O) groups is 1. The Morgan fingerprint density at radius 2 is 1.89 bits per heavy atom. The van der Waals surface area contributed by atoms with E-state index in [2.05, 4.69) is 10.2 Å². The molecule has 0 bridgehead atoms. The summed E-state index contributed by atoms with van der Waals surface area (Å²) in [5.41, 5.74) is 2.43. The van der Waals surface area contributed by atoms with Crippen LogP contribution in [-0.2, 0) is 6.54 Å². The third kappa shape index (κ3) is 4.83. The molecule has 0 saturated heterocycles.